The first-order chi connectivity index (χ1) is 16.1. The largest absolute Gasteiger partial charge is 0.459 e. The lowest BCUT2D eigenvalue weighted by Gasteiger charge is -2.22. The Morgan fingerprint density at radius 2 is 1.48 bits per heavy atom. The van der Waals surface area contributed by atoms with Crippen LogP contribution in [0.2, 0.25) is 0 Å². The van der Waals surface area contributed by atoms with Crippen molar-refractivity contribution < 1.29 is 18.4 Å². The normalized spacial score (nSPS) is 10.6. The predicted octanol–water partition coefficient (Wildman–Crippen LogP) is 5.12. The summed E-state index contributed by atoms with van der Waals surface area (Å²) in [6.45, 7) is 0.720. The predicted molar refractivity (Wildman–Crippen MR) is 124 cm³/mol. The third-order valence-electron chi connectivity index (χ3n) is 5.18. The molecule has 0 atom stereocenters. The van der Waals surface area contributed by atoms with Crippen LogP contribution in [0.4, 0.5) is 10.1 Å². The number of benzene rings is 3. The van der Waals surface area contributed by atoms with Crippen molar-refractivity contribution in [3.05, 3.63) is 126 Å². The van der Waals surface area contributed by atoms with E-state index >= 15 is 0 Å². The fraction of sp³-hybridized carbons (Fsp3) is 0.111. The van der Waals surface area contributed by atoms with Gasteiger partial charge in [0.15, 0.2) is 5.76 Å². The van der Waals surface area contributed by atoms with Crippen molar-refractivity contribution in [1.82, 2.24) is 5.32 Å². The van der Waals surface area contributed by atoms with Crippen molar-refractivity contribution in [3.8, 4) is 0 Å². The molecule has 3 aromatic carbocycles. The van der Waals surface area contributed by atoms with E-state index in [2.05, 4.69) is 5.32 Å². The smallest absolute Gasteiger partial charge is 0.294 e. The monoisotopic (exact) mass is 442 g/mol. The Labute approximate surface area is 191 Å². The van der Waals surface area contributed by atoms with Gasteiger partial charge in [-0.3, -0.25) is 9.59 Å². The van der Waals surface area contributed by atoms with Crippen LogP contribution in [0.3, 0.4) is 0 Å². The fourth-order valence-electron chi connectivity index (χ4n) is 3.42. The summed E-state index contributed by atoms with van der Waals surface area (Å²) < 4.78 is 18.6. The summed E-state index contributed by atoms with van der Waals surface area (Å²) in [5.74, 6) is -0.516. The molecule has 1 aromatic heterocycles. The topological polar surface area (TPSA) is 62.6 Å². The van der Waals surface area contributed by atoms with E-state index in [4.69, 9.17) is 4.42 Å². The average Bonchev–Trinajstić information content (AvgIpc) is 3.38. The van der Waals surface area contributed by atoms with Gasteiger partial charge in [-0.05, 0) is 53.1 Å². The molecule has 0 aliphatic rings. The molecule has 2 amide bonds. The van der Waals surface area contributed by atoms with Crippen molar-refractivity contribution in [2.75, 3.05) is 4.90 Å². The van der Waals surface area contributed by atoms with Gasteiger partial charge in [-0.2, -0.15) is 0 Å². The number of nitrogens with one attached hydrogen (secondary N) is 1. The number of hydrogen-bond donors (Lipinski definition) is 1. The van der Waals surface area contributed by atoms with E-state index < -0.39 is 0 Å². The summed E-state index contributed by atoms with van der Waals surface area (Å²) in [7, 11) is 0. The zero-order valence-corrected chi connectivity index (χ0v) is 17.9. The molecule has 0 radical (unpaired) electrons. The Kier molecular flexibility index (Phi) is 6.95. The Hall–Kier alpha value is -4.19. The number of rotatable bonds is 8. The second-order valence-corrected chi connectivity index (χ2v) is 7.60. The molecule has 0 aliphatic carbocycles. The average molecular weight is 442 g/mol. The van der Waals surface area contributed by atoms with Gasteiger partial charge in [-0.25, -0.2) is 4.39 Å². The van der Waals surface area contributed by atoms with Crippen molar-refractivity contribution in [2.45, 2.75) is 19.5 Å². The Morgan fingerprint density at radius 1 is 0.788 bits per heavy atom. The van der Waals surface area contributed by atoms with Gasteiger partial charge < -0.3 is 14.6 Å². The van der Waals surface area contributed by atoms with Gasteiger partial charge in [-0.15, -0.1) is 0 Å². The van der Waals surface area contributed by atoms with E-state index in [0.29, 0.717) is 12.2 Å². The molecule has 0 aliphatic heterocycles. The van der Waals surface area contributed by atoms with Crippen molar-refractivity contribution in [2.24, 2.45) is 0 Å². The van der Waals surface area contributed by atoms with Crippen molar-refractivity contribution in [1.29, 1.82) is 0 Å². The standard InChI is InChI=1S/C27H23FN2O3/c28-23-12-8-22(9-13-23)19-30(27(32)25-7-4-16-33-25)24-14-10-20(11-15-24)17-26(31)29-18-21-5-2-1-3-6-21/h1-16H,17-19H2,(H,29,31). The van der Waals surface area contributed by atoms with Gasteiger partial charge >= 0.3 is 0 Å². The molecule has 0 saturated heterocycles. The summed E-state index contributed by atoms with van der Waals surface area (Å²) in [4.78, 5) is 26.9. The van der Waals surface area contributed by atoms with Crippen molar-refractivity contribution >= 4 is 17.5 Å². The number of carbonyl (C=O) groups excluding carboxylic acids is 2. The quantitative estimate of drug-likeness (QED) is 0.412. The highest BCUT2D eigenvalue weighted by atomic mass is 19.1. The molecule has 0 unspecified atom stereocenters. The number of anilines is 1. The lowest BCUT2D eigenvalue weighted by atomic mass is 10.1. The Balaban J connectivity index is 1.46. The molecule has 1 heterocycles. The van der Waals surface area contributed by atoms with Gasteiger partial charge in [0.05, 0.1) is 19.2 Å². The lowest BCUT2D eigenvalue weighted by molar-refractivity contribution is -0.120. The van der Waals surface area contributed by atoms with Gasteiger partial charge in [0.25, 0.3) is 5.91 Å². The van der Waals surface area contributed by atoms with Gasteiger partial charge in [-0.1, -0.05) is 54.6 Å². The highest BCUT2D eigenvalue weighted by Gasteiger charge is 2.20. The number of hydrogen-bond acceptors (Lipinski definition) is 3. The summed E-state index contributed by atoms with van der Waals surface area (Å²) in [6, 6.07) is 26.2. The molecule has 0 bridgehead atoms. The SMILES string of the molecule is O=C(Cc1ccc(N(Cc2ccc(F)cc2)C(=O)c2ccco2)cc1)NCc1ccccc1. The van der Waals surface area contributed by atoms with Crippen LogP contribution in [0, 0.1) is 5.82 Å². The van der Waals surface area contributed by atoms with E-state index in [0.717, 1.165) is 16.7 Å². The summed E-state index contributed by atoms with van der Waals surface area (Å²) in [6.07, 6.45) is 1.68. The maximum atomic E-state index is 13.3. The molecule has 0 saturated carbocycles. The maximum Gasteiger partial charge on any atom is 0.294 e. The third kappa shape index (κ3) is 5.95. The van der Waals surface area contributed by atoms with Crippen molar-refractivity contribution in [3.63, 3.8) is 0 Å². The first kappa shape index (κ1) is 22.0. The third-order valence-corrected chi connectivity index (χ3v) is 5.18. The minimum atomic E-state index is -0.336. The number of carbonyl (C=O) groups is 2. The molecule has 1 N–H and O–H groups in total. The summed E-state index contributed by atoms with van der Waals surface area (Å²) in [5.41, 5.74) is 3.29. The minimum Gasteiger partial charge on any atom is -0.459 e. The van der Waals surface area contributed by atoms with Crippen LogP contribution in [0.25, 0.3) is 0 Å². The fourth-order valence-corrected chi connectivity index (χ4v) is 3.42. The second kappa shape index (κ2) is 10.4. The molecule has 0 spiro atoms. The highest BCUT2D eigenvalue weighted by molar-refractivity contribution is 6.04. The lowest BCUT2D eigenvalue weighted by Crippen LogP contribution is -2.30. The van der Waals surface area contributed by atoms with Crippen LogP contribution in [0.1, 0.15) is 27.2 Å². The van der Waals surface area contributed by atoms with Gasteiger partial charge in [0.2, 0.25) is 5.91 Å². The van der Waals surface area contributed by atoms with Crippen LogP contribution in [0.5, 0.6) is 0 Å². The minimum absolute atomic E-state index is 0.0820. The van der Waals surface area contributed by atoms with Crippen LogP contribution in [-0.2, 0) is 24.3 Å². The highest BCUT2D eigenvalue weighted by Crippen LogP contribution is 2.22. The molecule has 4 rings (SSSR count). The first-order valence-corrected chi connectivity index (χ1v) is 10.6. The van der Waals surface area contributed by atoms with Crippen LogP contribution < -0.4 is 10.2 Å². The first-order valence-electron chi connectivity index (χ1n) is 10.6. The van der Waals surface area contributed by atoms with E-state index in [1.807, 2.05) is 42.5 Å². The Bertz CT molecular complexity index is 1190. The molecule has 4 aromatic rings. The summed E-state index contributed by atoms with van der Waals surface area (Å²) >= 11 is 0. The number of halogens is 1. The zero-order valence-electron chi connectivity index (χ0n) is 17.9. The molecule has 0 fully saturated rings. The van der Waals surface area contributed by atoms with E-state index in [9.17, 15) is 14.0 Å². The number of amides is 2. The maximum absolute atomic E-state index is 13.3. The van der Waals surface area contributed by atoms with Crippen LogP contribution >= 0.6 is 0 Å². The van der Waals surface area contributed by atoms with Gasteiger partial charge in [0.1, 0.15) is 5.82 Å². The number of nitrogens with zero attached hydrogens (tertiary/aromatic N) is 1. The second-order valence-electron chi connectivity index (χ2n) is 7.60. The van der Waals surface area contributed by atoms with Crippen LogP contribution in [0.15, 0.2) is 102 Å². The van der Waals surface area contributed by atoms with Gasteiger partial charge in [0, 0.05) is 12.2 Å². The molecule has 5 nitrogen and oxygen atoms in total. The molecule has 6 heteroatoms. The Morgan fingerprint density at radius 3 is 2.15 bits per heavy atom. The molecular formula is C27H23FN2O3. The zero-order chi connectivity index (χ0) is 23.0. The molecule has 166 valence electrons. The molecular weight excluding hydrogens is 419 g/mol. The summed E-state index contributed by atoms with van der Waals surface area (Å²) in [5, 5.41) is 2.91. The molecule has 33 heavy (non-hydrogen) atoms. The van der Waals surface area contributed by atoms with E-state index in [1.165, 1.54) is 18.4 Å². The number of furan rings is 1. The van der Waals surface area contributed by atoms with Crippen LogP contribution in [-0.4, -0.2) is 11.8 Å². The van der Waals surface area contributed by atoms with E-state index in [-0.39, 0.29) is 36.4 Å². The van der Waals surface area contributed by atoms with E-state index in [1.54, 1.807) is 41.3 Å².